The maximum absolute atomic E-state index is 13.7. The van der Waals surface area contributed by atoms with Crippen molar-refractivity contribution in [1.82, 2.24) is 19.3 Å². The number of ether oxygens (including phenoxy) is 2. The van der Waals surface area contributed by atoms with Crippen LogP contribution >= 0.6 is 0 Å². The minimum atomic E-state index is -0.763. The van der Waals surface area contributed by atoms with E-state index in [1.807, 2.05) is 18.2 Å². The zero-order valence-corrected chi connectivity index (χ0v) is 18.3. The van der Waals surface area contributed by atoms with E-state index < -0.39 is 17.8 Å². The molecule has 0 N–H and O–H groups in total. The van der Waals surface area contributed by atoms with E-state index in [2.05, 4.69) is 9.97 Å². The van der Waals surface area contributed by atoms with Gasteiger partial charge in [0, 0.05) is 12.7 Å². The van der Waals surface area contributed by atoms with Crippen LogP contribution in [0.25, 0.3) is 22.5 Å². The largest absolute Gasteiger partial charge is 0.467 e. The second-order valence-electron chi connectivity index (χ2n) is 7.82. The molecule has 0 aliphatic carbocycles. The molecular weight excluding hydrogens is 439 g/mol. The third-order valence-corrected chi connectivity index (χ3v) is 5.75. The summed E-state index contributed by atoms with van der Waals surface area (Å²) in [6.45, 7) is 0.498. The molecule has 0 fully saturated rings. The van der Waals surface area contributed by atoms with Gasteiger partial charge in [-0.25, -0.2) is 18.9 Å². The highest BCUT2D eigenvalue weighted by Crippen LogP contribution is 2.34. The van der Waals surface area contributed by atoms with E-state index in [0.717, 1.165) is 0 Å². The van der Waals surface area contributed by atoms with Crippen molar-refractivity contribution >= 4 is 5.97 Å². The number of nitrogens with zero attached hydrogens (tertiary/aromatic N) is 4. The van der Waals surface area contributed by atoms with Crippen molar-refractivity contribution in [3.8, 4) is 34.3 Å². The van der Waals surface area contributed by atoms with Crippen LogP contribution in [-0.2, 0) is 16.1 Å². The van der Waals surface area contributed by atoms with Crippen LogP contribution in [0.5, 0.6) is 11.8 Å². The monoisotopic (exact) mass is 460 g/mol. The Labute approximate surface area is 194 Å². The van der Waals surface area contributed by atoms with Gasteiger partial charge in [0.15, 0.2) is 6.04 Å². The molecule has 3 heterocycles. The van der Waals surface area contributed by atoms with Gasteiger partial charge >= 0.3 is 12.0 Å². The highest BCUT2D eigenvalue weighted by atomic mass is 19.1. The standard InChI is InChI=1S/C25H21FN4O4/c1-33-24(32)20-8-5-15-29-22(21(23(31)30(20)29)16-9-11-17(26)12-10-16)19-13-14-27-25(28-19)34-18-6-3-2-4-7-18/h2-4,6-7,9-14,20H,5,8,15H2,1H3/t20-/m0/s1. The predicted molar refractivity (Wildman–Crippen MR) is 122 cm³/mol. The summed E-state index contributed by atoms with van der Waals surface area (Å²) in [5.41, 5.74) is 1.41. The molecule has 2 aromatic carbocycles. The smallest absolute Gasteiger partial charge is 0.330 e. The molecular formula is C25H21FN4O4. The van der Waals surface area contributed by atoms with Crippen molar-refractivity contribution in [2.75, 3.05) is 7.11 Å². The maximum Gasteiger partial charge on any atom is 0.330 e. The molecule has 1 atom stereocenters. The Bertz CT molecular complexity index is 1400. The van der Waals surface area contributed by atoms with E-state index in [1.54, 1.807) is 29.1 Å². The van der Waals surface area contributed by atoms with Crippen molar-refractivity contribution in [2.45, 2.75) is 25.4 Å². The summed E-state index contributed by atoms with van der Waals surface area (Å²) in [6.07, 6.45) is 2.69. The van der Waals surface area contributed by atoms with Gasteiger partial charge < -0.3 is 9.47 Å². The molecule has 1 aliphatic heterocycles. The Morgan fingerprint density at radius 3 is 2.59 bits per heavy atom. The summed E-state index contributed by atoms with van der Waals surface area (Å²) in [5, 5.41) is 0. The molecule has 1 aliphatic rings. The predicted octanol–water partition coefficient (Wildman–Crippen LogP) is 4.21. The Kier molecular flexibility index (Phi) is 5.67. The van der Waals surface area contributed by atoms with Crippen LogP contribution < -0.4 is 10.3 Å². The van der Waals surface area contributed by atoms with Gasteiger partial charge in [0.05, 0.1) is 24.1 Å². The van der Waals surface area contributed by atoms with Crippen molar-refractivity contribution in [2.24, 2.45) is 0 Å². The van der Waals surface area contributed by atoms with Gasteiger partial charge in [0.1, 0.15) is 11.6 Å². The van der Waals surface area contributed by atoms with E-state index in [4.69, 9.17) is 9.47 Å². The number of carbonyl (C=O) groups is 1. The van der Waals surface area contributed by atoms with Crippen LogP contribution in [0.3, 0.4) is 0 Å². The highest BCUT2D eigenvalue weighted by molar-refractivity contribution is 5.81. The average Bonchev–Trinajstić information content (AvgIpc) is 3.17. The fourth-order valence-electron chi connectivity index (χ4n) is 4.25. The van der Waals surface area contributed by atoms with E-state index in [0.29, 0.717) is 47.7 Å². The van der Waals surface area contributed by atoms with Gasteiger partial charge in [-0.1, -0.05) is 30.3 Å². The summed E-state index contributed by atoms with van der Waals surface area (Å²) < 4.78 is 27.6. The zero-order chi connectivity index (χ0) is 23.7. The second kappa shape index (κ2) is 8.93. The third-order valence-electron chi connectivity index (χ3n) is 5.75. The molecule has 0 amide bonds. The Hall–Kier alpha value is -4.27. The molecule has 0 bridgehead atoms. The van der Waals surface area contributed by atoms with Crippen LogP contribution in [0, 0.1) is 5.82 Å². The average molecular weight is 460 g/mol. The summed E-state index contributed by atoms with van der Waals surface area (Å²) >= 11 is 0. The molecule has 172 valence electrons. The van der Waals surface area contributed by atoms with Crippen molar-refractivity contribution in [1.29, 1.82) is 0 Å². The molecule has 8 nitrogen and oxygen atoms in total. The van der Waals surface area contributed by atoms with Gasteiger partial charge in [0.25, 0.3) is 5.56 Å². The first kappa shape index (κ1) is 21.6. The zero-order valence-electron chi connectivity index (χ0n) is 18.3. The van der Waals surface area contributed by atoms with Gasteiger partial charge in [-0.3, -0.25) is 9.48 Å². The Balaban J connectivity index is 1.70. The van der Waals surface area contributed by atoms with Crippen LogP contribution in [0.15, 0.2) is 71.7 Å². The van der Waals surface area contributed by atoms with Gasteiger partial charge in [-0.05, 0) is 48.7 Å². The van der Waals surface area contributed by atoms with E-state index in [1.165, 1.54) is 36.1 Å². The first-order chi connectivity index (χ1) is 16.6. The fraction of sp³-hybridized carbons (Fsp3) is 0.200. The van der Waals surface area contributed by atoms with Crippen LogP contribution in [-0.4, -0.2) is 32.4 Å². The molecule has 0 saturated carbocycles. The van der Waals surface area contributed by atoms with E-state index in [-0.39, 0.29) is 11.6 Å². The van der Waals surface area contributed by atoms with Crippen molar-refractivity contribution < 1.29 is 18.7 Å². The number of esters is 1. The lowest BCUT2D eigenvalue weighted by atomic mass is 10.0. The number of hydrogen-bond acceptors (Lipinski definition) is 6. The second-order valence-corrected chi connectivity index (χ2v) is 7.82. The lowest BCUT2D eigenvalue weighted by molar-refractivity contribution is -0.146. The van der Waals surface area contributed by atoms with Crippen LogP contribution in [0.4, 0.5) is 4.39 Å². The lowest BCUT2D eigenvalue weighted by Crippen LogP contribution is -2.37. The molecule has 0 saturated heterocycles. The summed E-state index contributed by atoms with van der Waals surface area (Å²) in [5.74, 6) is -0.337. The minimum absolute atomic E-state index is 0.113. The van der Waals surface area contributed by atoms with Crippen LogP contribution in [0.1, 0.15) is 18.9 Å². The number of fused-ring (bicyclic) bond motifs is 1. The maximum atomic E-state index is 13.7. The highest BCUT2D eigenvalue weighted by Gasteiger charge is 2.34. The number of methoxy groups -OCH3 is 1. The van der Waals surface area contributed by atoms with Crippen LogP contribution in [0.2, 0.25) is 0 Å². The molecule has 4 aromatic rings. The number of halogens is 1. The Morgan fingerprint density at radius 1 is 1.09 bits per heavy atom. The van der Waals surface area contributed by atoms with Gasteiger partial charge in [-0.15, -0.1) is 0 Å². The number of hydrogen-bond donors (Lipinski definition) is 0. The Morgan fingerprint density at radius 2 is 1.85 bits per heavy atom. The first-order valence-electron chi connectivity index (χ1n) is 10.8. The van der Waals surface area contributed by atoms with E-state index >= 15 is 0 Å². The van der Waals surface area contributed by atoms with Gasteiger partial charge in [0.2, 0.25) is 0 Å². The number of rotatable bonds is 5. The van der Waals surface area contributed by atoms with Gasteiger partial charge in [-0.2, -0.15) is 4.98 Å². The minimum Gasteiger partial charge on any atom is -0.467 e. The summed E-state index contributed by atoms with van der Waals surface area (Å²) in [4.78, 5) is 34.9. The number of para-hydroxylation sites is 1. The molecule has 5 rings (SSSR count). The fourth-order valence-corrected chi connectivity index (χ4v) is 4.25. The number of carbonyl (C=O) groups excluding carboxylic acids is 1. The number of benzene rings is 2. The lowest BCUT2D eigenvalue weighted by Gasteiger charge is -2.26. The molecule has 0 radical (unpaired) electrons. The van der Waals surface area contributed by atoms with E-state index in [9.17, 15) is 14.0 Å². The summed E-state index contributed by atoms with van der Waals surface area (Å²) in [6, 6.07) is 15.8. The SMILES string of the molecule is COC(=O)[C@@H]1CCCn2c(-c3ccnc(Oc4ccccc4)n3)c(-c3ccc(F)cc3)c(=O)n21. The normalized spacial score (nSPS) is 14.9. The summed E-state index contributed by atoms with van der Waals surface area (Å²) in [7, 11) is 1.30. The molecule has 9 heteroatoms. The quantitative estimate of drug-likeness (QED) is 0.415. The van der Waals surface area contributed by atoms with Crippen molar-refractivity contribution in [3.63, 3.8) is 0 Å². The molecule has 0 spiro atoms. The third kappa shape index (κ3) is 3.85. The topological polar surface area (TPSA) is 88.2 Å². The molecule has 0 unspecified atom stereocenters. The molecule has 2 aromatic heterocycles. The van der Waals surface area contributed by atoms with Crippen molar-refractivity contribution in [3.05, 3.63) is 83.0 Å². The molecule has 34 heavy (non-hydrogen) atoms. The number of aromatic nitrogens is 4. The first-order valence-corrected chi connectivity index (χ1v) is 10.8.